The molecule has 0 amide bonds. The summed E-state index contributed by atoms with van der Waals surface area (Å²) in [4.78, 5) is 0. The van der Waals surface area contributed by atoms with E-state index in [1.807, 2.05) is 30.3 Å². The first-order chi connectivity index (χ1) is 9.24. The van der Waals surface area contributed by atoms with E-state index in [1.165, 1.54) is 19.3 Å². The molecule has 1 aromatic carbocycles. The molecule has 0 heterocycles. The zero-order valence-electron chi connectivity index (χ0n) is 12.0. The lowest BCUT2D eigenvalue weighted by atomic mass is 10.1. The number of nitrogens with one attached hydrogen (secondary N) is 1. The van der Waals surface area contributed by atoms with Crippen LogP contribution in [0, 0.1) is 17.2 Å². The summed E-state index contributed by atoms with van der Waals surface area (Å²) in [7, 11) is 0. The van der Waals surface area contributed by atoms with Crippen LogP contribution in [0.1, 0.15) is 38.7 Å². The Balaban J connectivity index is 2.27. The fraction of sp³-hybridized carbons (Fsp3) is 0.562. The van der Waals surface area contributed by atoms with E-state index in [1.54, 1.807) is 0 Å². The van der Waals surface area contributed by atoms with Gasteiger partial charge in [-0.05, 0) is 24.9 Å². The van der Waals surface area contributed by atoms with Crippen LogP contribution in [0.25, 0.3) is 0 Å². The van der Waals surface area contributed by atoms with Crippen LogP contribution >= 0.6 is 0 Å². The van der Waals surface area contributed by atoms with Gasteiger partial charge in [-0.25, -0.2) is 0 Å². The van der Waals surface area contributed by atoms with Crippen molar-refractivity contribution in [2.45, 2.75) is 39.7 Å². The molecular weight excluding hydrogens is 236 g/mol. The molecule has 0 aliphatic rings. The van der Waals surface area contributed by atoms with Crippen molar-refractivity contribution in [1.82, 2.24) is 5.32 Å². The molecule has 0 aromatic heterocycles. The van der Waals surface area contributed by atoms with E-state index < -0.39 is 0 Å². The van der Waals surface area contributed by atoms with Crippen LogP contribution in [-0.2, 0) is 6.54 Å². The lowest BCUT2D eigenvalue weighted by molar-refractivity contribution is 0.362. The van der Waals surface area contributed by atoms with Crippen molar-refractivity contribution >= 4 is 0 Å². The maximum absolute atomic E-state index is 8.55. The third kappa shape index (κ3) is 6.83. The molecule has 0 fully saturated rings. The minimum atomic E-state index is 0.103. The van der Waals surface area contributed by atoms with Gasteiger partial charge in [0.2, 0.25) is 0 Å². The van der Waals surface area contributed by atoms with Crippen molar-refractivity contribution in [3.05, 3.63) is 29.8 Å². The number of hydrogen-bond donors (Lipinski definition) is 1. The first-order valence-electron chi connectivity index (χ1n) is 7.02. The number of benzene rings is 1. The van der Waals surface area contributed by atoms with Gasteiger partial charge in [0, 0.05) is 12.1 Å². The second-order valence-corrected chi connectivity index (χ2v) is 5.12. The Morgan fingerprint density at radius 1 is 1.26 bits per heavy atom. The molecule has 1 rings (SSSR count). The summed E-state index contributed by atoms with van der Waals surface area (Å²) in [5.41, 5.74) is 1.11. The molecule has 1 aromatic rings. The van der Waals surface area contributed by atoms with Crippen LogP contribution in [0.3, 0.4) is 0 Å². The second-order valence-electron chi connectivity index (χ2n) is 5.12. The molecule has 0 spiro atoms. The van der Waals surface area contributed by atoms with Crippen molar-refractivity contribution < 1.29 is 4.74 Å². The van der Waals surface area contributed by atoms with Gasteiger partial charge in [-0.2, -0.15) is 5.26 Å². The minimum Gasteiger partial charge on any atom is -0.478 e. The smallest absolute Gasteiger partial charge is 0.174 e. The molecule has 0 unspecified atom stereocenters. The normalized spacial score (nSPS) is 10.4. The Morgan fingerprint density at radius 3 is 2.79 bits per heavy atom. The van der Waals surface area contributed by atoms with Crippen LogP contribution in [0.5, 0.6) is 5.75 Å². The Bertz CT molecular complexity index is 396. The number of rotatable bonds is 9. The highest BCUT2D eigenvalue weighted by Crippen LogP contribution is 2.17. The molecule has 0 bridgehead atoms. The zero-order valence-corrected chi connectivity index (χ0v) is 12.0. The van der Waals surface area contributed by atoms with Crippen molar-refractivity contribution in [3.8, 4) is 11.8 Å². The highest BCUT2D eigenvalue weighted by atomic mass is 16.5. The van der Waals surface area contributed by atoms with Crippen LogP contribution in [-0.4, -0.2) is 13.2 Å². The molecule has 0 atom stereocenters. The van der Waals surface area contributed by atoms with Gasteiger partial charge in [-0.15, -0.1) is 0 Å². The lowest BCUT2D eigenvalue weighted by Crippen LogP contribution is -2.15. The van der Waals surface area contributed by atoms with Crippen LogP contribution < -0.4 is 10.1 Å². The van der Waals surface area contributed by atoms with Gasteiger partial charge in [0.15, 0.2) is 6.61 Å². The topological polar surface area (TPSA) is 45.0 Å². The average Bonchev–Trinajstić information content (AvgIpc) is 2.41. The molecule has 104 valence electrons. The Labute approximate surface area is 116 Å². The molecule has 0 aliphatic heterocycles. The van der Waals surface area contributed by atoms with Crippen molar-refractivity contribution in [2.75, 3.05) is 13.2 Å². The summed E-state index contributed by atoms with van der Waals surface area (Å²) < 4.78 is 5.39. The SMILES string of the molecule is CC(C)CCCCNCc1ccccc1OCC#N. The third-order valence-electron chi connectivity index (χ3n) is 2.97. The van der Waals surface area contributed by atoms with Crippen molar-refractivity contribution in [2.24, 2.45) is 5.92 Å². The van der Waals surface area contributed by atoms with E-state index in [-0.39, 0.29) is 6.61 Å². The van der Waals surface area contributed by atoms with E-state index in [2.05, 4.69) is 19.2 Å². The van der Waals surface area contributed by atoms with Crippen LogP contribution in [0.2, 0.25) is 0 Å². The molecule has 3 heteroatoms. The molecule has 1 N–H and O–H groups in total. The van der Waals surface area contributed by atoms with E-state index in [4.69, 9.17) is 10.00 Å². The highest BCUT2D eigenvalue weighted by Gasteiger charge is 2.02. The number of nitrogens with zero attached hydrogens (tertiary/aromatic N) is 1. The maximum atomic E-state index is 8.55. The summed E-state index contributed by atoms with van der Waals surface area (Å²) in [6, 6.07) is 9.87. The molecule has 0 saturated heterocycles. The summed E-state index contributed by atoms with van der Waals surface area (Å²) in [5, 5.41) is 12.0. The summed E-state index contributed by atoms with van der Waals surface area (Å²) >= 11 is 0. The quantitative estimate of drug-likeness (QED) is 0.691. The number of nitriles is 1. The van der Waals surface area contributed by atoms with Gasteiger partial charge in [0.05, 0.1) is 0 Å². The van der Waals surface area contributed by atoms with Gasteiger partial charge < -0.3 is 10.1 Å². The zero-order chi connectivity index (χ0) is 13.9. The molecule has 19 heavy (non-hydrogen) atoms. The lowest BCUT2D eigenvalue weighted by Gasteiger charge is -2.10. The van der Waals surface area contributed by atoms with Gasteiger partial charge in [0.25, 0.3) is 0 Å². The van der Waals surface area contributed by atoms with Crippen LogP contribution in [0.4, 0.5) is 0 Å². The fourth-order valence-corrected chi connectivity index (χ4v) is 1.93. The Kier molecular flexibility index (Phi) is 7.69. The number of unbranched alkanes of at least 4 members (excludes halogenated alkanes) is 1. The predicted octanol–water partition coefficient (Wildman–Crippen LogP) is 3.50. The summed E-state index contributed by atoms with van der Waals surface area (Å²) in [6.07, 6.45) is 3.78. The molecule has 0 aliphatic carbocycles. The number of ether oxygens (including phenoxy) is 1. The average molecular weight is 260 g/mol. The van der Waals surface area contributed by atoms with Gasteiger partial charge in [-0.1, -0.05) is 44.9 Å². The predicted molar refractivity (Wildman–Crippen MR) is 77.9 cm³/mol. The number of hydrogen-bond acceptors (Lipinski definition) is 3. The molecule has 0 saturated carbocycles. The van der Waals surface area contributed by atoms with Gasteiger partial charge in [0.1, 0.15) is 11.8 Å². The van der Waals surface area contributed by atoms with Gasteiger partial charge in [-0.3, -0.25) is 0 Å². The maximum Gasteiger partial charge on any atom is 0.174 e. The first-order valence-corrected chi connectivity index (χ1v) is 7.02. The molecule has 3 nitrogen and oxygen atoms in total. The fourth-order valence-electron chi connectivity index (χ4n) is 1.93. The molecule has 0 radical (unpaired) electrons. The Hall–Kier alpha value is -1.53. The molecular formula is C16H24N2O. The van der Waals surface area contributed by atoms with E-state index in [0.717, 1.165) is 30.3 Å². The third-order valence-corrected chi connectivity index (χ3v) is 2.97. The van der Waals surface area contributed by atoms with E-state index >= 15 is 0 Å². The second kappa shape index (κ2) is 9.41. The first kappa shape index (κ1) is 15.5. The van der Waals surface area contributed by atoms with Gasteiger partial charge >= 0.3 is 0 Å². The van der Waals surface area contributed by atoms with E-state index in [9.17, 15) is 0 Å². The Morgan fingerprint density at radius 2 is 2.05 bits per heavy atom. The largest absolute Gasteiger partial charge is 0.478 e. The minimum absolute atomic E-state index is 0.103. The summed E-state index contributed by atoms with van der Waals surface area (Å²) in [6.45, 7) is 6.44. The van der Waals surface area contributed by atoms with Crippen molar-refractivity contribution in [3.63, 3.8) is 0 Å². The van der Waals surface area contributed by atoms with E-state index in [0.29, 0.717) is 0 Å². The highest BCUT2D eigenvalue weighted by molar-refractivity contribution is 5.33. The number of para-hydroxylation sites is 1. The summed E-state index contributed by atoms with van der Waals surface area (Å²) in [5.74, 6) is 1.60. The van der Waals surface area contributed by atoms with Crippen molar-refractivity contribution in [1.29, 1.82) is 5.26 Å². The van der Waals surface area contributed by atoms with Crippen LogP contribution in [0.15, 0.2) is 24.3 Å². The monoisotopic (exact) mass is 260 g/mol. The standard InChI is InChI=1S/C16H24N2O/c1-14(2)7-5-6-11-18-13-15-8-3-4-9-16(15)19-12-10-17/h3-4,8-9,14,18H,5-7,11-13H2,1-2H3.